The summed E-state index contributed by atoms with van der Waals surface area (Å²) in [5.74, 6) is 0. The molecule has 0 amide bonds. The number of rotatable bonds is 2. The highest BCUT2D eigenvalue weighted by Gasteiger charge is 2.01. The summed E-state index contributed by atoms with van der Waals surface area (Å²) in [4.78, 5) is 0. The van der Waals surface area contributed by atoms with Crippen LogP contribution in [0.1, 0.15) is 5.56 Å². The third-order valence-corrected chi connectivity index (χ3v) is 3.06. The average Bonchev–Trinajstić information content (AvgIpc) is 2.28. The van der Waals surface area contributed by atoms with Crippen molar-refractivity contribution in [2.24, 2.45) is 5.73 Å². The number of hydrogen-bond donors (Lipinski definition) is 1. The third-order valence-electron chi connectivity index (χ3n) is 2.39. The first-order chi connectivity index (χ1) is 7.69. The first-order valence-corrected chi connectivity index (χ1v) is 6.11. The van der Waals surface area contributed by atoms with Crippen LogP contribution >= 0.6 is 39.9 Å². The molecular weight excluding hydrogens is 321 g/mol. The maximum absolute atomic E-state index is 6.01. The fraction of sp³-hybridized carbons (Fsp3) is 0.0769. The smallest absolute Gasteiger partial charge is 0.0423 e. The van der Waals surface area contributed by atoms with E-state index in [-0.39, 0.29) is 12.4 Å². The summed E-state index contributed by atoms with van der Waals surface area (Å²) >= 11 is 9.44. The van der Waals surface area contributed by atoms with E-state index in [0.717, 1.165) is 26.2 Å². The van der Waals surface area contributed by atoms with Gasteiger partial charge in [-0.1, -0.05) is 51.8 Å². The van der Waals surface area contributed by atoms with Gasteiger partial charge in [0.15, 0.2) is 0 Å². The zero-order valence-corrected chi connectivity index (χ0v) is 12.1. The van der Waals surface area contributed by atoms with Gasteiger partial charge in [0.1, 0.15) is 0 Å². The second-order valence-electron chi connectivity index (χ2n) is 3.56. The molecule has 0 aliphatic heterocycles. The fourth-order valence-electron chi connectivity index (χ4n) is 1.55. The Hall–Kier alpha value is -0.540. The molecule has 0 spiro atoms. The van der Waals surface area contributed by atoms with E-state index in [4.69, 9.17) is 17.3 Å². The van der Waals surface area contributed by atoms with Crippen molar-refractivity contribution in [3.05, 3.63) is 57.5 Å². The van der Waals surface area contributed by atoms with Gasteiger partial charge in [-0.2, -0.15) is 0 Å². The van der Waals surface area contributed by atoms with Crippen molar-refractivity contribution in [2.75, 3.05) is 0 Å². The maximum atomic E-state index is 6.01. The average molecular weight is 333 g/mol. The molecule has 0 radical (unpaired) electrons. The molecule has 1 nitrogen and oxygen atoms in total. The number of halogens is 3. The van der Waals surface area contributed by atoms with Crippen LogP contribution < -0.4 is 5.73 Å². The monoisotopic (exact) mass is 331 g/mol. The van der Waals surface area contributed by atoms with Crippen LogP contribution in [0.25, 0.3) is 11.1 Å². The SMILES string of the molecule is Cl.NCc1ccc(-c2cc(Cl)cc(Br)c2)cc1. The summed E-state index contributed by atoms with van der Waals surface area (Å²) in [5, 5.41) is 0.729. The first-order valence-electron chi connectivity index (χ1n) is 4.94. The van der Waals surface area contributed by atoms with E-state index in [1.54, 1.807) is 0 Å². The lowest BCUT2D eigenvalue weighted by molar-refractivity contribution is 1.07. The quantitative estimate of drug-likeness (QED) is 0.851. The molecule has 0 saturated carbocycles. The van der Waals surface area contributed by atoms with Crippen molar-refractivity contribution in [3.8, 4) is 11.1 Å². The molecule has 4 heteroatoms. The van der Waals surface area contributed by atoms with Gasteiger partial charge in [-0.15, -0.1) is 12.4 Å². The Labute approximate surface area is 121 Å². The Morgan fingerprint density at radius 2 is 1.65 bits per heavy atom. The van der Waals surface area contributed by atoms with Gasteiger partial charge in [-0.3, -0.25) is 0 Å². The van der Waals surface area contributed by atoms with Gasteiger partial charge in [0.25, 0.3) is 0 Å². The number of nitrogens with two attached hydrogens (primary N) is 1. The second kappa shape index (κ2) is 6.41. The molecule has 2 N–H and O–H groups in total. The van der Waals surface area contributed by atoms with E-state index in [0.29, 0.717) is 6.54 Å². The lowest BCUT2D eigenvalue weighted by atomic mass is 10.0. The summed E-state index contributed by atoms with van der Waals surface area (Å²) in [6.45, 7) is 0.569. The van der Waals surface area contributed by atoms with Crippen LogP contribution in [-0.4, -0.2) is 0 Å². The number of benzene rings is 2. The van der Waals surface area contributed by atoms with Crippen molar-refractivity contribution in [1.29, 1.82) is 0 Å². The third kappa shape index (κ3) is 3.71. The van der Waals surface area contributed by atoms with Crippen LogP contribution in [0.3, 0.4) is 0 Å². The van der Waals surface area contributed by atoms with Crippen molar-refractivity contribution in [2.45, 2.75) is 6.54 Å². The van der Waals surface area contributed by atoms with Crippen molar-refractivity contribution in [3.63, 3.8) is 0 Å². The van der Waals surface area contributed by atoms with Crippen molar-refractivity contribution in [1.82, 2.24) is 0 Å². The summed E-state index contributed by atoms with van der Waals surface area (Å²) in [5.41, 5.74) is 8.93. The van der Waals surface area contributed by atoms with E-state index >= 15 is 0 Å². The minimum Gasteiger partial charge on any atom is -0.326 e. The van der Waals surface area contributed by atoms with Crippen LogP contribution in [0, 0.1) is 0 Å². The zero-order valence-electron chi connectivity index (χ0n) is 8.99. The highest BCUT2D eigenvalue weighted by Crippen LogP contribution is 2.27. The molecule has 0 heterocycles. The Kier molecular flexibility index (Phi) is 5.47. The summed E-state index contributed by atoms with van der Waals surface area (Å²) in [6, 6.07) is 14.0. The lowest BCUT2D eigenvalue weighted by Gasteiger charge is -2.04. The largest absolute Gasteiger partial charge is 0.326 e. The molecule has 2 aromatic rings. The Morgan fingerprint density at radius 3 is 2.18 bits per heavy atom. The fourth-order valence-corrected chi connectivity index (χ4v) is 2.41. The van der Waals surface area contributed by atoms with Crippen LogP contribution in [0.15, 0.2) is 46.9 Å². The van der Waals surface area contributed by atoms with E-state index in [1.807, 2.05) is 30.3 Å². The molecule has 0 unspecified atom stereocenters. The van der Waals surface area contributed by atoms with Crippen molar-refractivity contribution < 1.29 is 0 Å². The predicted molar refractivity (Wildman–Crippen MR) is 79.7 cm³/mol. The van der Waals surface area contributed by atoms with E-state index in [1.165, 1.54) is 0 Å². The van der Waals surface area contributed by atoms with E-state index in [9.17, 15) is 0 Å². The van der Waals surface area contributed by atoms with Gasteiger partial charge in [0, 0.05) is 16.0 Å². The minimum absolute atomic E-state index is 0. The summed E-state index contributed by atoms with van der Waals surface area (Å²) in [7, 11) is 0. The lowest BCUT2D eigenvalue weighted by Crippen LogP contribution is -1.95. The van der Waals surface area contributed by atoms with Gasteiger partial charge < -0.3 is 5.73 Å². The van der Waals surface area contributed by atoms with Gasteiger partial charge in [0.05, 0.1) is 0 Å². The van der Waals surface area contributed by atoms with E-state index in [2.05, 4.69) is 28.1 Å². The van der Waals surface area contributed by atoms with Crippen molar-refractivity contribution >= 4 is 39.9 Å². The molecule has 0 saturated heterocycles. The normalized spacial score (nSPS) is 9.82. The predicted octanol–water partition coefficient (Wildman–Crippen LogP) is 4.65. The molecule has 0 aliphatic rings. The maximum Gasteiger partial charge on any atom is 0.0423 e. The van der Waals surface area contributed by atoms with Gasteiger partial charge in [-0.05, 0) is 34.9 Å². The minimum atomic E-state index is 0. The highest BCUT2D eigenvalue weighted by atomic mass is 79.9. The molecule has 0 fully saturated rings. The van der Waals surface area contributed by atoms with E-state index < -0.39 is 0 Å². The summed E-state index contributed by atoms with van der Waals surface area (Å²) in [6.07, 6.45) is 0. The van der Waals surface area contributed by atoms with Gasteiger partial charge >= 0.3 is 0 Å². The summed E-state index contributed by atoms with van der Waals surface area (Å²) < 4.78 is 0.984. The van der Waals surface area contributed by atoms with Gasteiger partial charge in [-0.25, -0.2) is 0 Å². The van der Waals surface area contributed by atoms with Crippen LogP contribution in [0.2, 0.25) is 5.02 Å². The van der Waals surface area contributed by atoms with Crippen LogP contribution in [0.5, 0.6) is 0 Å². The zero-order chi connectivity index (χ0) is 11.5. The molecule has 17 heavy (non-hydrogen) atoms. The second-order valence-corrected chi connectivity index (χ2v) is 4.91. The molecule has 90 valence electrons. The van der Waals surface area contributed by atoms with Gasteiger partial charge in [0.2, 0.25) is 0 Å². The molecule has 0 aliphatic carbocycles. The molecule has 0 bridgehead atoms. The van der Waals surface area contributed by atoms with Crippen LogP contribution in [0.4, 0.5) is 0 Å². The molecule has 0 atom stereocenters. The Morgan fingerprint density at radius 1 is 1.00 bits per heavy atom. The van der Waals surface area contributed by atoms with Crippen LogP contribution in [-0.2, 0) is 6.54 Å². The Bertz CT molecular complexity index is 477. The number of hydrogen-bond acceptors (Lipinski definition) is 1. The molecule has 2 aromatic carbocycles. The Balaban J connectivity index is 0.00000144. The topological polar surface area (TPSA) is 26.0 Å². The highest BCUT2D eigenvalue weighted by molar-refractivity contribution is 9.10. The molecule has 0 aromatic heterocycles. The molecular formula is C13H12BrCl2N. The molecule has 2 rings (SSSR count). The standard InChI is InChI=1S/C13H11BrClN.ClH/c14-12-5-11(6-13(15)7-12)10-3-1-9(8-16)2-4-10;/h1-7H,8,16H2;1H. The first kappa shape index (κ1) is 14.5.